The second kappa shape index (κ2) is 3.84. The van der Waals surface area contributed by atoms with Crippen molar-refractivity contribution in [3.63, 3.8) is 0 Å². The highest BCUT2D eigenvalue weighted by molar-refractivity contribution is 6.30. The summed E-state index contributed by atoms with van der Waals surface area (Å²) in [6, 6.07) is 6.65. The van der Waals surface area contributed by atoms with Gasteiger partial charge in [-0.2, -0.15) is 0 Å². The number of hydrogen-bond acceptors (Lipinski definition) is 3. The maximum atomic E-state index is 11.8. The number of Topliss-reactive ketones (excluding diaryl/α,β-unsaturated/α-hetero) is 1. The van der Waals surface area contributed by atoms with Crippen molar-refractivity contribution in [2.75, 3.05) is 0 Å². The van der Waals surface area contributed by atoms with Gasteiger partial charge in [-0.3, -0.25) is 9.59 Å². The van der Waals surface area contributed by atoms with E-state index in [0.717, 1.165) is 6.42 Å². The lowest BCUT2D eigenvalue weighted by Crippen LogP contribution is -2.15. The zero-order valence-corrected chi connectivity index (χ0v) is 9.81. The first-order valence-corrected chi connectivity index (χ1v) is 6.04. The summed E-state index contributed by atoms with van der Waals surface area (Å²) in [5.41, 5.74) is 0. The Morgan fingerprint density at radius 1 is 1.29 bits per heavy atom. The van der Waals surface area contributed by atoms with Gasteiger partial charge in [0.15, 0.2) is 0 Å². The largest absolute Gasteiger partial charge is 0.426 e. The molecule has 17 heavy (non-hydrogen) atoms. The maximum Gasteiger partial charge on any atom is 0.315 e. The minimum Gasteiger partial charge on any atom is -0.426 e. The minimum absolute atomic E-state index is 0.0604. The Morgan fingerprint density at radius 3 is 2.59 bits per heavy atom. The van der Waals surface area contributed by atoms with E-state index in [1.165, 1.54) is 0 Å². The number of rotatable bonds is 2. The molecule has 0 amide bonds. The molecule has 3 atom stereocenters. The van der Waals surface area contributed by atoms with E-state index in [1.807, 2.05) is 0 Å². The first kappa shape index (κ1) is 10.8. The summed E-state index contributed by atoms with van der Waals surface area (Å²) in [7, 11) is 0. The minimum atomic E-state index is -0.282. The van der Waals surface area contributed by atoms with Crippen molar-refractivity contribution >= 4 is 23.4 Å². The molecule has 1 aromatic rings. The number of carbonyl (C=O) groups is 2. The van der Waals surface area contributed by atoms with Crippen molar-refractivity contribution in [3.8, 4) is 5.75 Å². The summed E-state index contributed by atoms with van der Waals surface area (Å²) < 4.78 is 5.23. The summed E-state index contributed by atoms with van der Waals surface area (Å²) in [6.07, 6.45) is 1.46. The van der Waals surface area contributed by atoms with Crippen LogP contribution >= 0.6 is 11.6 Å². The van der Waals surface area contributed by atoms with Gasteiger partial charge in [-0.05, 0) is 36.6 Å². The van der Waals surface area contributed by atoms with Gasteiger partial charge in [-0.25, -0.2) is 0 Å². The van der Waals surface area contributed by atoms with Crippen LogP contribution in [0, 0.1) is 17.8 Å². The molecule has 3 nitrogen and oxygen atoms in total. The normalized spacial score (nSPS) is 29.9. The first-order valence-electron chi connectivity index (χ1n) is 5.67. The topological polar surface area (TPSA) is 43.4 Å². The van der Waals surface area contributed by atoms with Crippen LogP contribution in [0.25, 0.3) is 0 Å². The molecule has 2 fully saturated rings. The van der Waals surface area contributed by atoms with Crippen LogP contribution in [0.15, 0.2) is 24.3 Å². The molecule has 2 saturated carbocycles. The highest BCUT2D eigenvalue weighted by Gasteiger charge is 2.62. The highest BCUT2D eigenvalue weighted by atomic mass is 35.5. The SMILES string of the molecule is O=C1CC[C@H]2[C@@H]1[C@@H]2C(=O)Oc1ccc(Cl)cc1. The van der Waals surface area contributed by atoms with Crippen LogP contribution < -0.4 is 4.74 Å². The van der Waals surface area contributed by atoms with Crippen LogP contribution in [0.5, 0.6) is 5.75 Å². The first-order chi connectivity index (χ1) is 8.16. The third-order valence-electron chi connectivity index (χ3n) is 3.57. The van der Waals surface area contributed by atoms with E-state index in [2.05, 4.69) is 0 Å². The predicted molar refractivity (Wildman–Crippen MR) is 61.8 cm³/mol. The number of fused-ring (bicyclic) bond motifs is 1. The molecule has 0 unspecified atom stereocenters. The molecule has 88 valence electrons. The molecule has 4 heteroatoms. The van der Waals surface area contributed by atoms with E-state index in [0.29, 0.717) is 17.2 Å². The maximum absolute atomic E-state index is 11.8. The number of hydrogen-bond donors (Lipinski definition) is 0. The zero-order chi connectivity index (χ0) is 12.0. The van der Waals surface area contributed by atoms with Gasteiger partial charge in [0.25, 0.3) is 0 Å². The van der Waals surface area contributed by atoms with Crippen molar-refractivity contribution in [2.24, 2.45) is 17.8 Å². The van der Waals surface area contributed by atoms with Gasteiger partial charge in [-0.15, -0.1) is 0 Å². The predicted octanol–water partition coefficient (Wildman–Crippen LogP) is 2.47. The second-order valence-electron chi connectivity index (χ2n) is 4.60. The van der Waals surface area contributed by atoms with Crippen molar-refractivity contribution in [1.82, 2.24) is 0 Å². The number of ketones is 1. The van der Waals surface area contributed by atoms with Gasteiger partial charge in [0, 0.05) is 17.4 Å². The standard InChI is InChI=1S/C13H11ClO3/c14-7-1-3-8(4-2-7)17-13(16)12-9-5-6-10(15)11(9)12/h1-4,9,11-12H,5-6H2/t9-,11-,12+/m0/s1. The van der Waals surface area contributed by atoms with Gasteiger partial charge < -0.3 is 4.74 Å². The number of carbonyl (C=O) groups excluding carboxylic acids is 2. The zero-order valence-electron chi connectivity index (χ0n) is 9.06. The van der Waals surface area contributed by atoms with Crippen molar-refractivity contribution < 1.29 is 14.3 Å². The molecule has 2 aliphatic rings. The van der Waals surface area contributed by atoms with E-state index in [1.54, 1.807) is 24.3 Å². The number of ether oxygens (including phenoxy) is 1. The lowest BCUT2D eigenvalue weighted by molar-refractivity contribution is -0.138. The molecule has 0 heterocycles. The van der Waals surface area contributed by atoms with E-state index < -0.39 is 0 Å². The van der Waals surface area contributed by atoms with E-state index in [4.69, 9.17) is 16.3 Å². The Bertz CT molecular complexity index is 480. The summed E-state index contributed by atoms with van der Waals surface area (Å²) in [6.45, 7) is 0. The third kappa shape index (κ3) is 1.84. The molecular formula is C13H11ClO3. The molecule has 3 rings (SSSR count). The molecule has 0 radical (unpaired) electrons. The second-order valence-corrected chi connectivity index (χ2v) is 5.03. The number of esters is 1. The van der Waals surface area contributed by atoms with Crippen LogP contribution in [0.2, 0.25) is 5.02 Å². The lowest BCUT2D eigenvalue weighted by Gasteiger charge is -2.05. The van der Waals surface area contributed by atoms with E-state index in [-0.39, 0.29) is 29.5 Å². The molecule has 0 aliphatic heterocycles. The Hall–Kier alpha value is -1.35. The molecule has 0 spiro atoms. The Balaban J connectivity index is 1.65. The van der Waals surface area contributed by atoms with Crippen molar-refractivity contribution in [1.29, 1.82) is 0 Å². The lowest BCUT2D eigenvalue weighted by atomic mass is 10.1. The number of halogens is 1. The van der Waals surface area contributed by atoms with Crippen LogP contribution in [0.3, 0.4) is 0 Å². The quantitative estimate of drug-likeness (QED) is 0.598. The molecular weight excluding hydrogens is 240 g/mol. The number of benzene rings is 1. The van der Waals surface area contributed by atoms with E-state index in [9.17, 15) is 9.59 Å². The van der Waals surface area contributed by atoms with Gasteiger partial charge in [0.2, 0.25) is 0 Å². The van der Waals surface area contributed by atoms with Crippen LogP contribution in [-0.4, -0.2) is 11.8 Å². The molecule has 2 aliphatic carbocycles. The summed E-state index contributed by atoms with van der Waals surface area (Å²) in [5, 5.41) is 0.600. The van der Waals surface area contributed by atoms with Crippen LogP contribution in [0.1, 0.15) is 12.8 Å². The Kier molecular flexibility index (Phi) is 2.44. The van der Waals surface area contributed by atoms with Crippen LogP contribution in [0.4, 0.5) is 0 Å². The van der Waals surface area contributed by atoms with Gasteiger partial charge >= 0.3 is 5.97 Å². The fourth-order valence-electron chi connectivity index (χ4n) is 2.66. The van der Waals surface area contributed by atoms with Gasteiger partial charge in [-0.1, -0.05) is 11.6 Å². The Labute approximate surface area is 104 Å². The molecule has 1 aromatic carbocycles. The summed E-state index contributed by atoms with van der Waals surface area (Å²) >= 11 is 5.73. The monoisotopic (exact) mass is 250 g/mol. The third-order valence-corrected chi connectivity index (χ3v) is 3.82. The molecule has 0 N–H and O–H groups in total. The molecule has 0 saturated heterocycles. The van der Waals surface area contributed by atoms with Crippen LogP contribution in [-0.2, 0) is 9.59 Å². The average Bonchev–Trinajstić information content (AvgIpc) is 2.93. The van der Waals surface area contributed by atoms with Crippen molar-refractivity contribution in [3.05, 3.63) is 29.3 Å². The average molecular weight is 251 g/mol. The summed E-state index contributed by atoms with van der Waals surface area (Å²) in [4.78, 5) is 23.2. The fourth-order valence-corrected chi connectivity index (χ4v) is 2.78. The fraction of sp³-hybridized carbons (Fsp3) is 0.385. The highest BCUT2D eigenvalue weighted by Crippen LogP contribution is 2.55. The van der Waals surface area contributed by atoms with Gasteiger partial charge in [0.1, 0.15) is 11.5 Å². The van der Waals surface area contributed by atoms with Crippen molar-refractivity contribution in [2.45, 2.75) is 12.8 Å². The molecule has 0 bridgehead atoms. The van der Waals surface area contributed by atoms with Gasteiger partial charge in [0.05, 0.1) is 5.92 Å². The van der Waals surface area contributed by atoms with E-state index >= 15 is 0 Å². The summed E-state index contributed by atoms with van der Waals surface area (Å²) in [5.74, 6) is 0.393. The smallest absolute Gasteiger partial charge is 0.315 e. The Morgan fingerprint density at radius 2 is 2.00 bits per heavy atom. The molecule has 0 aromatic heterocycles.